The lowest BCUT2D eigenvalue weighted by Gasteiger charge is -1.93. The Balaban J connectivity index is 2.92. The number of unbranched alkanes of at least 4 members (excludes halogenated alkanes) is 6. The summed E-state index contributed by atoms with van der Waals surface area (Å²) in [4.78, 5) is 0. The summed E-state index contributed by atoms with van der Waals surface area (Å²) in [5.74, 6) is 0. The van der Waals surface area contributed by atoms with Gasteiger partial charge in [-0.3, -0.25) is 0 Å². The van der Waals surface area contributed by atoms with Crippen LogP contribution < -0.4 is 0 Å². The molecule has 0 aliphatic heterocycles. The van der Waals surface area contributed by atoms with Gasteiger partial charge in [0.2, 0.25) is 0 Å². The molecule has 71 valence electrons. The maximum Gasteiger partial charge on any atom is -0.0351 e. The summed E-state index contributed by atoms with van der Waals surface area (Å²) in [6.07, 6.45) is 16.1. The zero-order valence-corrected chi connectivity index (χ0v) is 8.68. The van der Waals surface area contributed by atoms with Crippen molar-refractivity contribution >= 4 is 0 Å². The van der Waals surface area contributed by atoms with E-state index in [1.54, 1.807) is 0 Å². The minimum absolute atomic E-state index is 1.27. The van der Waals surface area contributed by atoms with Crippen molar-refractivity contribution < 1.29 is 0 Å². The average molecular weight is 167 g/mol. The first-order chi connectivity index (χ1) is 5.91. The molecule has 0 heteroatoms. The van der Waals surface area contributed by atoms with Crippen molar-refractivity contribution in [1.82, 2.24) is 0 Å². The van der Waals surface area contributed by atoms with Crippen molar-refractivity contribution in [2.24, 2.45) is 0 Å². The van der Waals surface area contributed by atoms with Gasteiger partial charge in [0, 0.05) is 0 Å². The first-order valence-electron chi connectivity index (χ1n) is 5.34. The summed E-state index contributed by atoms with van der Waals surface area (Å²) >= 11 is 0. The smallest absolute Gasteiger partial charge is 0.0351 e. The summed E-state index contributed by atoms with van der Waals surface area (Å²) in [5.41, 5.74) is 0. The van der Waals surface area contributed by atoms with Crippen molar-refractivity contribution in [3.63, 3.8) is 0 Å². The van der Waals surface area contributed by atoms with Crippen LogP contribution in [0.2, 0.25) is 0 Å². The Labute approximate surface area is 78.1 Å². The van der Waals surface area contributed by atoms with Crippen molar-refractivity contribution in [3.05, 3.63) is 18.6 Å². The molecule has 0 amide bonds. The van der Waals surface area contributed by atoms with Crippen LogP contribution in [0.1, 0.15) is 58.8 Å². The fraction of sp³-hybridized carbons (Fsp3) is 0.750. The van der Waals surface area contributed by atoms with E-state index in [9.17, 15) is 0 Å². The Kier molecular flexibility index (Phi) is 10.5. The lowest BCUT2D eigenvalue weighted by molar-refractivity contribution is 0.735. The molecular formula is C12H23. The largest absolute Gasteiger partial charge is 0.0885 e. The minimum Gasteiger partial charge on any atom is -0.0885 e. The Bertz CT molecular complexity index is 92.2. The molecule has 0 heterocycles. The van der Waals surface area contributed by atoms with Gasteiger partial charge in [0.1, 0.15) is 0 Å². The van der Waals surface area contributed by atoms with Crippen molar-refractivity contribution in [2.45, 2.75) is 58.8 Å². The Hall–Kier alpha value is -0.260. The van der Waals surface area contributed by atoms with Crippen LogP contribution in [0.3, 0.4) is 0 Å². The molecular weight excluding hydrogens is 144 g/mol. The van der Waals surface area contributed by atoms with E-state index in [1.807, 2.05) is 0 Å². The quantitative estimate of drug-likeness (QED) is 0.368. The first-order valence-corrected chi connectivity index (χ1v) is 5.34. The lowest BCUT2D eigenvalue weighted by Crippen LogP contribution is -1.74. The van der Waals surface area contributed by atoms with E-state index < -0.39 is 0 Å². The molecule has 0 aromatic rings. The van der Waals surface area contributed by atoms with E-state index in [0.29, 0.717) is 0 Å². The van der Waals surface area contributed by atoms with Gasteiger partial charge in [-0.05, 0) is 25.7 Å². The zero-order valence-electron chi connectivity index (χ0n) is 8.68. The van der Waals surface area contributed by atoms with Crippen LogP contribution in [0.15, 0.2) is 12.2 Å². The van der Waals surface area contributed by atoms with E-state index in [2.05, 4.69) is 32.4 Å². The van der Waals surface area contributed by atoms with Gasteiger partial charge in [-0.25, -0.2) is 0 Å². The van der Waals surface area contributed by atoms with Gasteiger partial charge < -0.3 is 0 Å². The summed E-state index contributed by atoms with van der Waals surface area (Å²) in [6.45, 7) is 4.38. The molecule has 0 bridgehead atoms. The van der Waals surface area contributed by atoms with Crippen LogP contribution in [-0.2, 0) is 0 Å². The van der Waals surface area contributed by atoms with Gasteiger partial charge in [-0.1, -0.05) is 51.7 Å². The summed E-state index contributed by atoms with van der Waals surface area (Å²) < 4.78 is 0. The van der Waals surface area contributed by atoms with Gasteiger partial charge in [-0.15, -0.1) is 0 Å². The van der Waals surface area contributed by atoms with Crippen LogP contribution in [-0.4, -0.2) is 0 Å². The second-order valence-electron chi connectivity index (χ2n) is 3.31. The maximum atomic E-state index is 2.34. The third-order valence-corrected chi connectivity index (χ3v) is 2.00. The van der Waals surface area contributed by atoms with Crippen LogP contribution in [0.5, 0.6) is 0 Å². The molecule has 0 atom stereocenters. The van der Waals surface area contributed by atoms with E-state index in [4.69, 9.17) is 0 Å². The number of hydrogen-bond donors (Lipinski definition) is 0. The third kappa shape index (κ3) is 9.74. The van der Waals surface area contributed by atoms with Crippen LogP contribution >= 0.6 is 0 Å². The SMILES string of the molecule is C[CH]CCCC/C=C/CCCC. The van der Waals surface area contributed by atoms with Gasteiger partial charge in [0.05, 0.1) is 0 Å². The molecule has 0 rings (SSSR count). The van der Waals surface area contributed by atoms with Gasteiger partial charge in [0.15, 0.2) is 0 Å². The molecule has 0 spiro atoms. The van der Waals surface area contributed by atoms with E-state index >= 15 is 0 Å². The van der Waals surface area contributed by atoms with E-state index in [-0.39, 0.29) is 0 Å². The molecule has 0 unspecified atom stereocenters. The number of allylic oxidation sites excluding steroid dienone is 2. The Morgan fingerprint density at radius 1 is 0.833 bits per heavy atom. The highest BCUT2D eigenvalue weighted by molar-refractivity contribution is 4.81. The molecule has 0 nitrogen and oxygen atoms in total. The molecule has 0 aromatic carbocycles. The molecule has 0 aliphatic rings. The second-order valence-corrected chi connectivity index (χ2v) is 3.31. The topological polar surface area (TPSA) is 0 Å². The van der Waals surface area contributed by atoms with Gasteiger partial charge >= 0.3 is 0 Å². The van der Waals surface area contributed by atoms with E-state index in [1.165, 1.54) is 44.9 Å². The van der Waals surface area contributed by atoms with Gasteiger partial charge in [-0.2, -0.15) is 0 Å². The zero-order chi connectivity index (χ0) is 9.07. The van der Waals surface area contributed by atoms with Crippen molar-refractivity contribution in [3.8, 4) is 0 Å². The Morgan fingerprint density at radius 3 is 2.00 bits per heavy atom. The molecule has 0 aliphatic carbocycles. The number of hydrogen-bond acceptors (Lipinski definition) is 0. The molecule has 1 radical (unpaired) electrons. The molecule has 0 fully saturated rings. The maximum absolute atomic E-state index is 2.34. The monoisotopic (exact) mass is 167 g/mol. The van der Waals surface area contributed by atoms with Crippen LogP contribution in [0.25, 0.3) is 0 Å². The highest BCUT2D eigenvalue weighted by atomic mass is 13.9. The van der Waals surface area contributed by atoms with Crippen LogP contribution in [0.4, 0.5) is 0 Å². The third-order valence-electron chi connectivity index (χ3n) is 2.00. The van der Waals surface area contributed by atoms with Crippen LogP contribution in [0, 0.1) is 6.42 Å². The number of rotatable bonds is 8. The molecule has 0 saturated heterocycles. The fourth-order valence-corrected chi connectivity index (χ4v) is 1.17. The fourth-order valence-electron chi connectivity index (χ4n) is 1.17. The second kappa shape index (κ2) is 10.7. The average Bonchev–Trinajstić information content (AvgIpc) is 2.10. The highest BCUT2D eigenvalue weighted by Crippen LogP contribution is 2.03. The standard InChI is InChI=1S/C12H23/c1-3-5-7-9-11-12-10-8-6-4-2/h3,10,12H,4-9,11H2,1-2H3/b12-10+. The predicted molar refractivity (Wildman–Crippen MR) is 57.1 cm³/mol. The van der Waals surface area contributed by atoms with Gasteiger partial charge in [0.25, 0.3) is 0 Å². The Morgan fingerprint density at radius 2 is 1.42 bits per heavy atom. The minimum atomic E-state index is 1.27. The lowest BCUT2D eigenvalue weighted by atomic mass is 10.1. The summed E-state index contributed by atoms with van der Waals surface area (Å²) in [7, 11) is 0. The summed E-state index contributed by atoms with van der Waals surface area (Å²) in [5, 5.41) is 0. The first kappa shape index (κ1) is 11.7. The molecule has 0 saturated carbocycles. The van der Waals surface area contributed by atoms with Crippen molar-refractivity contribution in [1.29, 1.82) is 0 Å². The molecule has 0 N–H and O–H groups in total. The molecule has 12 heavy (non-hydrogen) atoms. The van der Waals surface area contributed by atoms with Crippen molar-refractivity contribution in [2.75, 3.05) is 0 Å². The predicted octanol–water partition coefficient (Wildman–Crippen LogP) is 4.52. The molecule has 0 aromatic heterocycles. The van der Waals surface area contributed by atoms with E-state index in [0.717, 1.165) is 0 Å². The summed E-state index contributed by atoms with van der Waals surface area (Å²) in [6, 6.07) is 0. The highest BCUT2D eigenvalue weighted by Gasteiger charge is 1.84. The normalized spacial score (nSPS) is 11.2.